The Morgan fingerprint density at radius 2 is 1.94 bits per heavy atom. The van der Waals surface area contributed by atoms with Crippen LogP contribution in [0.25, 0.3) is 21.3 Å². The van der Waals surface area contributed by atoms with Crippen molar-refractivity contribution >= 4 is 61.0 Å². The molecular weight excluding hydrogens is 430 g/mol. The van der Waals surface area contributed by atoms with Gasteiger partial charge in [0.25, 0.3) is 5.00 Å². The van der Waals surface area contributed by atoms with E-state index < -0.39 is 10.8 Å². The highest BCUT2D eigenvalue weighted by atomic mass is 35.5. The fourth-order valence-electron chi connectivity index (χ4n) is 4.28. The van der Waals surface area contributed by atoms with E-state index in [1.165, 1.54) is 0 Å². The number of fused-ring (bicyclic) bond motifs is 2. The minimum absolute atomic E-state index is 0.487. The minimum Gasteiger partial charge on any atom is -0.588 e. The summed E-state index contributed by atoms with van der Waals surface area (Å²) in [4.78, 5) is 7.62. The Bertz CT molecular complexity index is 1370. The maximum absolute atomic E-state index is 13.8. The van der Waals surface area contributed by atoms with Gasteiger partial charge in [-0.1, -0.05) is 11.6 Å². The fourth-order valence-corrected chi connectivity index (χ4v) is 5.93. The third-order valence-corrected chi connectivity index (χ3v) is 7.80. The highest BCUT2D eigenvalue weighted by molar-refractivity contribution is 7.33. The van der Waals surface area contributed by atoms with Crippen molar-refractivity contribution < 1.29 is 4.55 Å². The third kappa shape index (κ3) is 3.04. The van der Waals surface area contributed by atoms with Gasteiger partial charge in [0.05, 0.1) is 12.1 Å². The second kappa shape index (κ2) is 6.82. The van der Waals surface area contributed by atoms with Gasteiger partial charge in [-0.15, -0.1) is 0 Å². The first-order valence-corrected chi connectivity index (χ1v) is 11.7. The molecule has 1 saturated carbocycles. The fraction of sp³-hybridized carbons (Fsp3) is 0.217. The SMILES string of the molecule is Cn1cc2cc(-c3c(N)c4c([s+]3[O-])N(c3ccc(Cl)cc3)CC(C3CC3)=N4)ccc2n1. The molecule has 156 valence electrons. The number of benzene rings is 2. The van der Waals surface area contributed by atoms with E-state index in [-0.39, 0.29) is 0 Å². The number of aryl methyl sites for hydroxylation is 1. The molecule has 1 unspecified atom stereocenters. The van der Waals surface area contributed by atoms with Crippen molar-refractivity contribution in [2.75, 3.05) is 17.2 Å². The van der Waals surface area contributed by atoms with E-state index in [9.17, 15) is 4.55 Å². The Kier molecular flexibility index (Phi) is 4.15. The van der Waals surface area contributed by atoms with Gasteiger partial charge >= 0.3 is 0 Å². The second-order valence-corrected chi connectivity index (χ2v) is 9.95. The summed E-state index contributed by atoms with van der Waals surface area (Å²) >= 11 is 6.11. The number of rotatable bonds is 3. The molecule has 4 aromatic rings. The quantitative estimate of drug-likeness (QED) is 0.398. The number of aromatic nitrogens is 2. The summed E-state index contributed by atoms with van der Waals surface area (Å²) in [5, 5.41) is 6.74. The number of halogens is 1. The van der Waals surface area contributed by atoms with Crippen LogP contribution in [-0.2, 0) is 7.05 Å². The van der Waals surface area contributed by atoms with Crippen LogP contribution in [0.3, 0.4) is 0 Å². The summed E-state index contributed by atoms with van der Waals surface area (Å²) in [6, 6.07) is 13.5. The van der Waals surface area contributed by atoms with Crippen molar-refractivity contribution in [3.8, 4) is 10.4 Å². The second-order valence-electron chi connectivity index (χ2n) is 8.18. The van der Waals surface area contributed by atoms with Gasteiger partial charge in [0.2, 0.25) is 4.88 Å². The van der Waals surface area contributed by atoms with Crippen LogP contribution in [0.4, 0.5) is 22.1 Å². The van der Waals surface area contributed by atoms with E-state index in [1.54, 1.807) is 4.68 Å². The van der Waals surface area contributed by atoms with Gasteiger partial charge in [0, 0.05) is 40.6 Å². The molecule has 2 aromatic carbocycles. The molecule has 2 aromatic heterocycles. The van der Waals surface area contributed by atoms with Gasteiger partial charge in [0.15, 0.2) is 5.69 Å². The summed E-state index contributed by atoms with van der Waals surface area (Å²) in [5.74, 6) is 0.487. The van der Waals surface area contributed by atoms with E-state index in [4.69, 9.17) is 22.3 Å². The van der Waals surface area contributed by atoms with Gasteiger partial charge in [-0.05, 0) is 72.0 Å². The summed E-state index contributed by atoms with van der Waals surface area (Å²) in [7, 11) is 0.443. The average Bonchev–Trinajstić information content (AvgIpc) is 3.49. The lowest BCUT2D eigenvalue weighted by Crippen LogP contribution is -2.28. The lowest BCUT2D eigenvalue weighted by Gasteiger charge is -2.26. The Hall–Kier alpha value is -2.87. The zero-order valence-corrected chi connectivity index (χ0v) is 18.5. The predicted molar refractivity (Wildman–Crippen MR) is 127 cm³/mol. The smallest absolute Gasteiger partial charge is 0.275 e. The van der Waals surface area contributed by atoms with Crippen molar-refractivity contribution in [3.63, 3.8) is 0 Å². The molecule has 0 bridgehead atoms. The first-order valence-electron chi connectivity index (χ1n) is 10.2. The van der Waals surface area contributed by atoms with Gasteiger partial charge in [0.1, 0.15) is 5.69 Å². The molecule has 3 heterocycles. The molecule has 1 fully saturated rings. The maximum Gasteiger partial charge on any atom is 0.275 e. The van der Waals surface area contributed by atoms with Crippen molar-refractivity contribution in [2.45, 2.75) is 12.8 Å². The summed E-state index contributed by atoms with van der Waals surface area (Å²) in [6.07, 6.45) is 4.24. The molecule has 8 heteroatoms. The molecule has 1 aliphatic carbocycles. The van der Waals surface area contributed by atoms with Gasteiger partial charge in [-0.2, -0.15) is 5.10 Å². The molecule has 6 nitrogen and oxygen atoms in total. The van der Waals surface area contributed by atoms with E-state index in [1.807, 2.05) is 55.7 Å². The van der Waals surface area contributed by atoms with E-state index in [0.29, 0.717) is 38.7 Å². The Morgan fingerprint density at radius 3 is 2.68 bits per heavy atom. The van der Waals surface area contributed by atoms with E-state index in [2.05, 4.69) is 10.00 Å². The molecule has 1 atom stereocenters. The minimum atomic E-state index is -1.45. The van der Waals surface area contributed by atoms with Crippen LogP contribution in [0.15, 0.2) is 53.7 Å². The zero-order chi connectivity index (χ0) is 21.3. The third-order valence-electron chi connectivity index (χ3n) is 5.95. The number of nitrogens with zero attached hydrogens (tertiary/aromatic N) is 4. The maximum atomic E-state index is 13.8. The Balaban J connectivity index is 1.55. The van der Waals surface area contributed by atoms with Crippen LogP contribution in [0, 0.1) is 5.92 Å². The molecule has 2 aliphatic rings. The molecule has 2 N–H and O–H groups in total. The number of hydrogen-bond donors (Lipinski definition) is 1. The topological polar surface area (TPSA) is 82.5 Å². The summed E-state index contributed by atoms with van der Waals surface area (Å²) in [5.41, 5.74) is 11.5. The molecule has 0 radical (unpaired) electrons. The highest BCUT2D eigenvalue weighted by Crippen LogP contribution is 2.58. The van der Waals surface area contributed by atoms with Crippen LogP contribution in [0.1, 0.15) is 12.8 Å². The lowest BCUT2D eigenvalue weighted by molar-refractivity contribution is 0.599. The first kappa shape index (κ1) is 18.9. The van der Waals surface area contributed by atoms with E-state index in [0.717, 1.165) is 40.7 Å². The monoisotopic (exact) mass is 449 g/mol. The van der Waals surface area contributed by atoms with Crippen LogP contribution in [0.5, 0.6) is 0 Å². The molecule has 31 heavy (non-hydrogen) atoms. The standard InChI is InChI=1S/C23H20ClN5OS/c1-28-11-15-10-14(4-9-18(15)27-28)22-20(25)21-23(31(22)30)29(12-19(26-21)13-2-3-13)17-7-5-16(24)6-8-17/h4-11,13H,2-3,12,25H2,1H3. The normalized spacial score (nSPS) is 16.5. The van der Waals surface area contributed by atoms with Crippen molar-refractivity contribution in [3.05, 3.63) is 53.7 Å². The molecular formula is C23H20ClN5OS. The van der Waals surface area contributed by atoms with Gasteiger partial charge in [-0.3, -0.25) is 9.58 Å². The van der Waals surface area contributed by atoms with Crippen LogP contribution in [-0.4, -0.2) is 26.6 Å². The Labute approximate surface area is 187 Å². The predicted octanol–water partition coefficient (Wildman–Crippen LogP) is 5.84. The molecule has 0 amide bonds. The van der Waals surface area contributed by atoms with Crippen LogP contribution >= 0.6 is 22.4 Å². The summed E-state index contributed by atoms with van der Waals surface area (Å²) in [6.45, 7) is 0.624. The largest absolute Gasteiger partial charge is 0.588 e. The number of thiophene rings is 1. The van der Waals surface area contributed by atoms with Crippen LogP contribution in [0.2, 0.25) is 5.02 Å². The van der Waals surface area contributed by atoms with Crippen molar-refractivity contribution in [1.82, 2.24) is 9.78 Å². The molecule has 1 aliphatic heterocycles. The van der Waals surface area contributed by atoms with Crippen molar-refractivity contribution in [1.29, 1.82) is 0 Å². The summed E-state index contributed by atoms with van der Waals surface area (Å²) < 4.78 is 15.6. The zero-order valence-electron chi connectivity index (χ0n) is 16.9. The van der Waals surface area contributed by atoms with Crippen LogP contribution < -0.4 is 10.6 Å². The first-order chi connectivity index (χ1) is 15.0. The molecule has 6 rings (SSSR count). The number of nitrogens with two attached hydrogens (primary N) is 1. The number of hydrogen-bond acceptors (Lipinski definition) is 5. The molecule has 0 saturated heterocycles. The number of nitrogen functional groups attached to an aromatic ring is 1. The molecule has 0 spiro atoms. The number of aliphatic imine (C=N–C) groups is 1. The van der Waals surface area contributed by atoms with Gasteiger partial charge in [-0.25, -0.2) is 4.99 Å². The van der Waals surface area contributed by atoms with E-state index >= 15 is 0 Å². The number of anilines is 3. The Morgan fingerprint density at radius 1 is 1.16 bits per heavy atom. The highest BCUT2D eigenvalue weighted by Gasteiger charge is 2.40. The average molecular weight is 450 g/mol. The van der Waals surface area contributed by atoms with Crippen molar-refractivity contribution in [2.24, 2.45) is 18.0 Å². The lowest BCUT2D eigenvalue weighted by atomic mass is 10.1. The van der Waals surface area contributed by atoms with Gasteiger partial charge < -0.3 is 10.3 Å².